The Labute approximate surface area is 84.5 Å². The van der Waals surface area contributed by atoms with Gasteiger partial charge >= 0.3 is 0 Å². The van der Waals surface area contributed by atoms with Crippen molar-refractivity contribution in [3.05, 3.63) is 11.6 Å². The number of aromatic nitrogens is 3. The fraction of sp³-hybridized carbons (Fsp3) is 0.800. The third-order valence-electron chi connectivity index (χ3n) is 2.70. The van der Waals surface area contributed by atoms with Gasteiger partial charge in [-0.1, -0.05) is 13.8 Å². The molecular formula is C10H18N4. The molecular weight excluding hydrogens is 176 g/mol. The third-order valence-corrected chi connectivity index (χ3v) is 2.70. The highest BCUT2D eigenvalue weighted by Crippen LogP contribution is 2.21. The summed E-state index contributed by atoms with van der Waals surface area (Å²) in [6.45, 7) is 5.41. The van der Waals surface area contributed by atoms with Gasteiger partial charge in [0.2, 0.25) is 0 Å². The summed E-state index contributed by atoms with van der Waals surface area (Å²) in [4.78, 5) is 0. The quantitative estimate of drug-likeness (QED) is 0.788. The molecule has 0 amide bonds. The number of nitrogens with zero attached hydrogens (tertiary/aromatic N) is 3. The van der Waals surface area contributed by atoms with E-state index in [0.29, 0.717) is 5.92 Å². The molecule has 1 unspecified atom stereocenters. The van der Waals surface area contributed by atoms with Crippen molar-refractivity contribution in [1.82, 2.24) is 14.8 Å². The summed E-state index contributed by atoms with van der Waals surface area (Å²) < 4.78 is 2.19. The SMILES string of the molecule is CC(C)CC(N)c1nnc2n1CCC2. The molecule has 0 saturated heterocycles. The Morgan fingerprint density at radius 3 is 2.93 bits per heavy atom. The highest BCUT2D eigenvalue weighted by atomic mass is 15.3. The molecule has 1 aliphatic heterocycles. The molecule has 0 radical (unpaired) electrons. The van der Waals surface area contributed by atoms with E-state index in [0.717, 1.165) is 31.0 Å². The number of hydrogen-bond acceptors (Lipinski definition) is 3. The van der Waals surface area contributed by atoms with Gasteiger partial charge < -0.3 is 10.3 Å². The number of aryl methyl sites for hydroxylation is 1. The zero-order valence-corrected chi connectivity index (χ0v) is 8.90. The molecule has 0 fully saturated rings. The third kappa shape index (κ3) is 1.66. The molecule has 1 aliphatic rings. The Balaban J connectivity index is 2.16. The van der Waals surface area contributed by atoms with E-state index in [9.17, 15) is 0 Å². The van der Waals surface area contributed by atoms with Gasteiger partial charge in [-0.3, -0.25) is 0 Å². The molecule has 1 atom stereocenters. The Bertz CT molecular complexity index is 316. The van der Waals surface area contributed by atoms with Gasteiger partial charge in [0.25, 0.3) is 0 Å². The summed E-state index contributed by atoms with van der Waals surface area (Å²) in [5.74, 6) is 2.70. The first-order valence-electron chi connectivity index (χ1n) is 5.36. The van der Waals surface area contributed by atoms with Crippen LogP contribution in [0.5, 0.6) is 0 Å². The van der Waals surface area contributed by atoms with Crippen LogP contribution in [0.15, 0.2) is 0 Å². The predicted octanol–water partition coefficient (Wildman–Crippen LogP) is 1.27. The molecule has 4 heteroatoms. The van der Waals surface area contributed by atoms with Crippen LogP contribution >= 0.6 is 0 Å². The molecule has 1 aromatic rings. The smallest absolute Gasteiger partial charge is 0.149 e. The van der Waals surface area contributed by atoms with E-state index in [1.807, 2.05) is 0 Å². The maximum Gasteiger partial charge on any atom is 0.149 e. The standard InChI is InChI=1S/C10H18N4/c1-7(2)6-8(11)10-13-12-9-4-3-5-14(9)10/h7-8H,3-6,11H2,1-2H3. The van der Waals surface area contributed by atoms with Crippen molar-refractivity contribution in [2.24, 2.45) is 11.7 Å². The van der Waals surface area contributed by atoms with Crippen molar-refractivity contribution in [1.29, 1.82) is 0 Å². The molecule has 0 spiro atoms. The Kier molecular flexibility index (Phi) is 2.54. The number of nitrogens with two attached hydrogens (primary N) is 1. The number of fused-ring (bicyclic) bond motifs is 1. The lowest BCUT2D eigenvalue weighted by atomic mass is 10.0. The van der Waals surface area contributed by atoms with Crippen LogP contribution < -0.4 is 5.73 Å². The van der Waals surface area contributed by atoms with Gasteiger partial charge in [-0.05, 0) is 18.8 Å². The summed E-state index contributed by atoms with van der Waals surface area (Å²) in [6, 6.07) is 0.0503. The summed E-state index contributed by atoms with van der Waals surface area (Å²) in [5.41, 5.74) is 6.09. The van der Waals surface area contributed by atoms with Crippen LogP contribution in [0, 0.1) is 5.92 Å². The monoisotopic (exact) mass is 194 g/mol. The highest BCUT2D eigenvalue weighted by Gasteiger charge is 2.21. The first-order valence-corrected chi connectivity index (χ1v) is 5.36. The van der Waals surface area contributed by atoms with Crippen LogP contribution in [-0.2, 0) is 13.0 Å². The predicted molar refractivity (Wildman–Crippen MR) is 54.7 cm³/mol. The molecule has 0 aliphatic carbocycles. The van der Waals surface area contributed by atoms with E-state index in [1.165, 1.54) is 6.42 Å². The lowest BCUT2D eigenvalue weighted by Crippen LogP contribution is -2.18. The zero-order chi connectivity index (χ0) is 10.1. The van der Waals surface area contributed by atoms with Gasteiger partial charge in [-0.25, -0.2) is 0 Å². The largest absolute Gasteiger partial charge is 0.321 e. The molecule has 0 bridgehead atoms. The Morgan fingerprint density at radius 1 is 1.43 bits per heavy atom. The average molecular weight is 194 g/mol. The fourth-order valence-electron chi connectivity index (χ4n) is 2.06. The van der Waals surface area contributed by atoms with E-state index >= 15 is 0 Å². The van der Waals surface area contributed by atoms with E-state index in [4.69, 9.17) is 5.73 Å². The van der Waals surface area contributed by atoms with Crippen molar-refractivity contribution < 1.29 is 0 Å². The van der Waals surface area contributed by atoms with Gasteiger partial charge in [-0.2, -0.15) is 0 Å². The molecule has 0 aromatic carbocycles. The molecule has 14 heavy (non-hydrogen) atoms. The fourth-order valence-corrected chi connectivity index (χ4v) is 2.06. The number of rotatable bonds is 3. The van der Waals surface area contributed by atoms with Crippen molar-refractivity contribution in [2.45, 2.75) is 45.7 Å². The minimum atomic E-state index is 0.0503. The molecule has 78 valence electrons. The molecule has 2 heterocycles. The van der Waals surface area contributed by atoms with E-state index in [1.54, 1.807) is 0 Å². The summed E-state index contributed by atoms with van der Waals surface area (Å²) in [7, 11) is 0. The molecule has 4 nitrogen and oxygen atoms in total. The first-order chi connectivity index (χ1) is 6.68. The van der Waals surface area contributed by atoms with Gasteiger partial charge in [-0.15, -0.1) is 10.2 Å². The number of hydrogen-bond donors (Lipinski definition) is 1. The highest BCUT2D eigenvalue weighted by molar-refractivity contribution is 5.04. The van der Waals surface area contributed by atoms with E-state index < -0.39 is 0 Å². The van der Waals surface area contributed by atoms with Crippen molar-refractivity contribution in [3.63, 3.8) is 0 Å². The zero-order valence-electron chi connectivity index (χ0n) is 8.90. The summed E-state index contributed by atoms with van der Waals surface area (Å²) in [6.07, 6.45) is 3.23. The normalized spacial score (nSPS) is 17.4. The topological polar surface area (TPSA) is 56.7 Å². The van der Waals surface area contributed by atoms with Crippen LogP contribution in [0.3, 0.4) is 0 Å². The maximum atomic E-state index is 6.09. The Hall–Kier alpha value is -0.900. The van der Waals surface area contributed by atoms with E-state index in [2.05, 4.69) is 28.6 Å². The van der Waals surface area contributed by atoms with Gasteiger partial charge in [0, 0.05) is 13.0 Å². The second kappa shape index (κ2) is 3.69. The van der Waals surface area contributed by atoms with Crippen LogP contribution in [0.2, 0.25) is 0 Å². The molecule has 1 aromatic heterocycles. The lowest BCUT2D eigenvalue weighted by Gasteiger charge is -2.13. The molecule has 2 rings (SSSR count). The van der Waals surface area contributed by atoms with E-state index in [-0.39, 0.29) is 6.04 Å². The van der Waals surface area contributed by atoms with Gasteiger partial charge in [0.05, 0.1) is 6.04 Å². The summed E-state index contributed by atoms with van der Waals surface area (Å²) in [5, 5.41) is 8.34. The molecule has 2 N–H and O–H groups in total. The Morgan fingerprint density at radius 2 is 2.21 bits per heavy atom. The van der Waals surface area contributed by atoms with Crippen LogP contribution in [0.1, 0.15) is 44.4 Å². The molecule has 0 saturated carbocycles. The van der Waals surface area contributed by atoms with Crippen molar-refractivity contribution in [3.8, 4) is 0 Å². The second-order valence-corrected chi connectivity index (χ2v) is 4.47. The van der Waals surface area contributed by atoms with Gasteiger partial charge in [0.1, 0.15) is 11.6 Å². The first kappa shape index (κ1) is 9.65. The van der Waals surface area contributed by atoms with Gasteiger partial charge in [0.15, 0.2) is 0 Å². The maximum absolute atomic E-state index is 6.09. The minimum absolute atomic E-state index is 0.0503. The average Bonchev–Trinajstić information content (AvgIpc) is 2.59. The van der Waals surface area contributed by atoms with Crippen molar-refractivity contribution in [2.75, 3.05) is 0 Å². The lowest BCUT2D eigenvalue weighted by molar-refractivity contribution is 0.476. The summed E-state index contributed by atoms with van der Waals surface area (Å²) >= 11 is 0. The minimum Gasteiger partial charge on any atom is -0.321 e. The van der Waals surface area contributed by atoms with Crippen LogP contribution in [0.4, 0.5) is 0 Å². The van der Waals surface area contributed by atoms with Crippen LogP contribution in [-0.4, -0.2) is 14.8 Å². The van der Waals surface area contributed by atoms with Crippen LogP contribution in [0.25, 0.3) is 0 Å². The second-order valence-electron chi connectivity index (χ2n) is 4.47. The van der Waals surface area contributed by atoms with Crippen molar-refractivity contribution >= 4 is 0 Å².